The van der Waals surface area contributed by atoms with Gasteiger partial charge in [0.25, 0.3) is 0 Å². The molecule has 2 fully saturated rings. The fourth-order valence-corrected chi connectivity index (χ4v) is 5.28. The summed E-state index contributed by atoms with van der Waals surface area (Å²) in [5.41, 5.74) is 5.11. The van der Waals surface area contributed by atoms with E-state index in [-0.39, 0.29) is 11.8 Å². The zero-order valence-electron chi connectivity index (χ0n) is 17.5. The second-order valence-electron chi connectivity index (χ2n) is 8.74. The van der Waals surface area contributed by atoms with E-state index in [1.165, 1.54) is 23.1 Å². The van der Waals surface area contributed by atoms with Crippen molar-refractivity contribution in [3.63, 3.8) is 0 Å². The number of rotatable bonds is 4. The number of pyridine rings is 1. The van der Waals surface area contributed by atoms with E-state index in [9.17, 15) is 5.11 Å². The van der Waals surface area contributed by atoms with Gasteiger partial charge in [-0.15, -0.1) is 0 Å². The average Bonchev–Trinajstić information content (AvgIpc) is 2.67. The Hall–Kier alpha value is -1.91. The molecule has 4 rings (SSSR count). The number of likely N-dealkylation sites (tertiary alicyclic amines) is 1. The molecule has 150 valence electrons. The second kappa shape index (κ2) is 7.49. The summed E-state index contributed by atoms with van der Waals surface area (Å²) in [7, 11) is 1.73. The third-order valence-electron chi connectivity index (χ3n) is 7.09. The molecule has 2 bridgehead atoms. The maximum Gasteiger partial charge on any atom is 0.122 e. The van der Waals surface area contributed by atoms with Gasteiger partial charge in [-0.05, 0) is 68.0 Å². The highest BCUT2D eigenvalue weighted by Gasteiger charge is 2.52. The van der Waals surface area contributed by atoms with Crippen LogP contribution in [0.5, 0.6) is 5.75 Å². The molecule has 2 atom stereocenters. The second-order valence-corrected chi connectivity index (χ2v) is 8.74. The molecule has 0 unspecified atom stereocenters. The van der Waals surface area contributed by atoms with Crippen molar-refractivity contribution in [3.05, 3.63) is 58.4 Å². The van der Waals surface area contributed by atoms with E-state index < -0.39 is 5.60 Å². The normalized spacial score (nSPS) is 27.6. The molecule has 1 saturated carbocycles. The Morgan fingerprint density at radius 2 is 1.79 bits per heavy atom. The van der Waals surface area contributed by atoms with Crippen LogP contribution >= 0.6 is 0 Å². The molecule has 2 aliphatic rings. The molecule has 0 amide bonds. The summed E-state index contributed by atoms with van der Waals surface area (Å²) in [5.74, 6) is 1.45. The molecule has 1 aromatic heterocycles. The Morgan fingerprint density at radius 3 is 2.39 bits per heavy atom. The Kier molecular flexibility index (Phi) is 5.19. The molecule has 4 heteroatoms. The van der Waals surface area contributed by atoms with Crippen molar-refractivity contribution in [1.82, 2.24) is 9.88 Å². The van der Waals surface area contributed by atoms with Crippen molar-refractivity contribution in [2.24, 2.45) is 11.8 Å². The van der Waals surface area contributed by atoms with Gasteiger partial charge >= 0.3 is 0 Å². The third-order valence-corrected chi connectivity index (χ3v) is 7.09. The molecule has 1 aromatic carbocycles. The van der Waals surface area contributed by atoms with Crippen LogP contribution in [-0.2, 0) is 12.1 Å². The van der Waals surface area contributed by atoms with Crippen molar-refractivity contribution in [1.29, 1.82) is 0 Å². The number of hydrogen-bond donors (Lipinski definition) is 1. The number of fused-ring (bicyclic) bond motifs is 2. The number of aryl methyl sites for hydroxylation is 1. The Balaban J connectivity index is 1.57. The fraction of sp³-hybridized carbons (Fsp3) is 0.542. The smallest absolute Gasteiger partial charge is 0.122 e. The van der Waals surface area contributed by atoms with Gasteiger partial charge < -0.3 is 9.84 Å². The first-order valence-electron chi connectivity index (χ1n) is 10.4. The van der Waals surface area contributed by atoms with Crippen molar-refractivity contribution in [2.45, 2.75) is 52.2 Å². The summed E-state index contributed by atoms with van der Waals surface area (Å²) < 4.78 is 5.46. The molecule has 1 aliphatic heterocycles. The molecule has 2 heterocycles. The molecular weight excluding hydrogens is 348 g/mol. The number of benzene rings is 1. The SMILES string of the molecule is COc1ccc(CN2C[C@@H]3CCC[C@@H](C2)C3(O)c2ccc(C)cn2)c(C)c1C. The van der Waals surface area contributed by atoms with Crippen molar-refractivity contribution in [2.75, 3.05) is 20.2 Å². The predicted octanol–water partition coefficient (Wildman–Crippen LogP) is 4.14. The number of aliphatic hydroxyl groups is 1. The minimum atomic E-state index is -0.784. The van der Waals surface area contributed by atoms with Crippen LogP contribution in [0, 0.1) is 32.6 Å². The number of nitrogens with zero attached hydrogens (tertiary/aromatic N) is 2. The highest BCUT2D eigenvalue weighted by atomic mass is 16.5. The predicted molar refractivity (Wildman–Crippen MR) is 111 cm³/mol. The standard InChI is InChI=1S/C24H32N2O2/c1-16-8-11-23(25-12-16)24(27)20-6-5-7-21(24)15-26(14-20)13-19-9-10-22(28-4)18(3)17(19)2/h8-12,20-21,27H,5-7,13-15H2,1-4H3/t20-,21-/m0/s1. The maximum atomic E-state index is 11.8. The topological polar surface area (TPSA) is 45.6 Å². The number of aromatic nitrogens is 1. The number of hydrogen-bond acceptors (Lipinski definition) is 4. The van der Waals surface area contributed by atoms with E-state index in [1.807, 2.05) is 19.2 Å². The van der Waals surface area contributed by atoms with Crippen LogP contribution in [0.1, 0.15) is 47.2 Å². The maximum absolute atomic E-state index is 11.8. The minimum Gasteiger partial charge on any atom is -0.496 e. The lowest BCUT2D eigenvalue weighted by Gasteiger charge is -2.52. The van der Waals surface area contributed by atoms with Gasteiger partial charge in [0.15, 0.2) is 0 Å². The zero-order chi connectivity index (χ0) is 19.9. The van der Waals surface area contributed by atoms with Gasteiger partial charge in [-0.2, -0.15) is 0 Å². The van der Waals surface area contributed by atoms with Gasteiger partial charge in [0, 0.05) is 37.7 Å². The molecule has 0 radical (unpaired) electrons. The van der Waals surface area contributed by atoms with E-state index in [1.54, 1.807) is 7.11 Å². The minimum absolute atomic E-state index is 0.245. The van der Waals surface area contributed by atoms with Crippen LogP contribution in [0.3, 0.4) is 0 Å². The molecule has 0 spiro atoms. The Bertz CT molecular complexity index is 832. The summed E-state index contributed by atoms with van der Waals surface area (Å²) in [6.07, 6.45) is 5.23. The van der Waals surface area contributed by atoms with Crippen LogP contribution in [-0.4, -0.2) is 35.2 Å². The lowest BCUT2D eigenvalue weighted by atomic mass is 9.64. The van der Waals surface area contributed by atoms with E-state index in [4.69, 9.17) is 4.74 Å². The van der Waals surface area contributed by atoms with Crippen molar-refractivity contribution < 1.29 is 9.84 Å². The van der Waals surface area contributed by atoms with E-state index >= 15 is 0 Å². The third kappa shape index (κ3) is 3.23. The number of piperidine rings is 1. The van der Waals surface area contributed by atoms with Crippen LogP contribution in [0.4, 0.5) is 0 Å². The van der Waals surface area contributed by atoms with E-state index in [2.05, 4.69) is 41.9 Å². The first-order chi connectivity index (χ1) is 13.4. The van der Waals surface area contributed by atoms with E-state index in [0.717, 1.165) is 49.5 Å². The average molecular weight is 381 g/mol. The molecule has 2 aromatic rings. The van der Waals surface area contributed by atoms with Gasteiger partial charge in [0.2, 0.25) is 0 Å². The number of methoxy groups -OCH3 is 1. The summed E-state index contributed by atoms with van der Waals surface area (Å²) in [4.78, 5) is 7.16. The lowest BCUT2D eigenvalue weighted by Crippen LogP contribution is -2.58. The first kappa shape index (κ1) is 19.4. The molecule has 28 heavy (non-hydrogen) atoms. The van der Waals surface area contributed by atoms with Crippen LogP contribution in [0.2, 0.25) is 0 Å². The van der Waals surface area contributed by atoms with Gasteiger partial charge in [-0.3, -0.25) is 9.88 Å². The van der Waals surface area contributed by atoms with Crippen LogP contribution in [0.15, 0.2) is 30.5 Å². The monoisotopic (exact) mass is 380 g/mol. The fourth-order valence-electron chi connectivity index (χ4n) is 5.28. The summed E-state index contributed by atoms with van der Waals surface area (Å²) in [5, 5.41) is 11.8. The zero-order valence-corrected chi connectivity index (χ0v) is 17.5. The molecule has 4 nitrogen and oxygen atoms in total. The first-order valence-corrected chi connectivity index (χ1v) is 10.4. The molecular formula is C24H32N2O2. The Morgan fingerprint density at radius 1 is 1.07 bits per heavy atom. The van der Waals surface area contributed by atoms with Gasteiger partial charge in [0.1, 0.15) is 11.4 Å². The molecule has 1 N–H and O–H groups in total. The molecule has 1 saturated heterocycles. The highest BCUT2D eigenvalue weighted by molar-refractivity contribution is 5.43. The summed E-state index contributed by atoms with van der Waals surface area (Å²) in [6.45, 7) is 9.14. The molecule has 1 aliphatic carbocycles. The quantitative estimate of drug-likeness (QED) is 0.866. The van der Waals surface area contributed by atoms with Crippen molar-refractivity contribution in [3.8, 4) is 5.75 Å². The highest BCUT2D eigenvalue weighted by Crippen LogP contribution is 2.48. The van der Waals surface area contributed by atoms with Gasteiger partial charge in [-0.25, -0.2) is 0 Å². The largest absolute Gasteiger partial charge is 0.496 e. The van der Waals surface area contributed by atoms with E-state index in [0.29, 0.717) is 0 Å². The number of ether oxygens (including phenoxy) is 1. The Labute approximate surface area is 168 Å². The van der Waals surface area contributed by atoms with Crippen molar-refractivity contribution >= 4 is 0 Å². The van der Waals surface area contributed by atoms with Crippen LogP contribution in [0.25, 0.3) is 0 Å². The van der Waals surface area contributed by atoms with Crippen LogP contribution < -0.4 is 4.74 Å². The summed E-state index contributed by atoms with van der Waals surface area (Å²) in [6, 6.07) is 8.38. The summed E-state index contributed by atoms with van der Waals surface area (Å²) >= 11 is 0. The van der Waals surface area contributed by atoms with Gasteiger partial charge in [0.05, 0.1) is 12.8 Å². The van der Waals surface area contributed by atoms with Gasteiger partial charge in [-0.1, -0.05) is 18.6 Å². The lowest BCUT2D eigenvalue weighted by molar-refractivity contribution is -0.151.